The molecule has 0 saturated carbocycles. The molecule has 1 saturated heterocycles. The molecule has 0 aliphatic carbocycles. The lowest BCUT2D eigenvalue weighted by molar-refractivity contribution is -0.129. The number of nitriles is 1. The first-order valence-corrected chi connectivity index (χ1v) is 7.72. The predicted molar refractivity (Wildman–Crippen MR) is 63.9 cm³/mol. The Morgan fingerprint density at radius 2 is 1.88 bits per heavy atom. The van der Waals surface area contributed by atoms with Gasteiger partial charge in [0.05, 0.1) is 11.8 Å². The number of carbonyl (C=O) groups excluding carboxylic acids is 1. The summed E-state index contributed by atoms with van der Waals surface area (Å²) in [6.45, 7) is 1.35. The van der Waals surface area contributed by atoms with Crippen LogP contribution in [0.15, 0.2) is 0 Å². The molecule has 0 aromatic carbocycles. The van der Waals surface area contributed by atoms with Crippen molar-refractivity contribution < 1.29 is 13.2 Å². The summed E-state index contributed by atoms with van der Waals surface area (Å²) in [4.78, 5) is 13.4. The fourth-order valence-corrected chi connectivity index (χ4v) is 3.15. The van der Waals surface area contributed by atoms with E-state index in [4.69, 9.17) is 5.26 Å². The molecule has 5 nitrogen and oxygen atoms in total. The molecule has 0 N–H and O–H groups in total. The molecule has 1 heterocycles. The van der Waals surface area contributed by atoms with Crippen molar-refractivity contribution in [3.63, 3.8) is 0 Å². The van der Waals surface area contributed by atoms with Crippen molar-refractivity contribution in [1.82, 2.24) is 4.90 Å². The highest BCUT2D eigenvalue weighted by Crippen LogP contribution is 2.10. The van der Waals surface area contributed by atoms with Crippen molar-refractivity contribution in [2.75, 3.05) is 24.6 Å². The molecule has 6 heteroatoms. The van der Waals surface area contributed by atoms with E-state index in [-0.39, 0.29) is 18.1 Å². The Balaban J connectivity index is 2.41. The van der Waals surface area contributed by atoms with E-state index in [1.165, 1.54) is 0 Å². The summed E-state index contributed by atoms with van der Waals surface area (Å²) in [5, 5.41) is 8.33. The van der Waals surface area contributed by atoms with Crippen LogP contribution in [-0.2, 0) is 14.6 Å². The molecule has 0 aromatic heterocycles. The molecule has 1 aliphatic heterocycles. The second-order valence-electron chi connectivity index (χ2n) is 4.30. The maximum Gasteiger partial charge on any atom is 0.237 e. The number of nitrogens with zero attached hydrogens (tertiary/aromatic N) is 2. The SMILES string of the molecule is N#CCCCS(=O)(=O)CC(=O)N1CCCCC1. The summed E-state index contributed by atoms with van der Waals surface area (Å²) in [5.41, 5.74) is 0. The third kappa shape index (κ3) is 5.18. The minimum atomic E-state index is -3.34. The molecular formula is C11H18N2O3S. The maximum atomic E-state index is 11.7. The zero-order valence-corrected chi connectivity index (χ0v) is 10.7. The summed E-state index contributed by atoms with van der Waals surface area (Å²) in [5.74, 6) is -0.764. The Kier molecular flexibility index (Phi) is 5.42. The molecule has 0 radical (unpaired) electrons. The van der Waals surface area contributed by atoms with Gasteiger partial charge in [0.25, 0.3) is 0 Å². The maximum absolute atomic E-state index is 11.7. The van der Waals surface area contributed by atoms with Crippen LogP contribution in [0.5, 0.6) is 0 Å². The first-order valence-electron chi connectivity index (χ1n) is 5.90. The van der Waals surface area contributed by atoms with Gasteiger partial charge in [-0.05, 0) is 25.7 Å². The Bertz CT molecular complexity index is 391. The van der Waals surface area contributed by atoms with E-state index < -0.39 is 15.6 Å². The summed E-state index contributed by atoms with van der Waals surface area (Å²) in [6, 6.07) is 1.90. The average molecular weight is 258 g/mol. The number of amides is 1. The van der Waals surface area contributed by atoms with E-state index in [1.54, 1.807) is 4.90 Å². The summed E-state index contributed by atoms with van der Waals surface area (Å²) < 4.78 is 23.2. The Labute approximate surface area is 102 Å². The number of sulfone groups is 1. The van der Waals surface area contributed by atoms with Gasteiger partial charge in [0.15, 0.2) is 9.84 Å². The number of unbranched alkanes of at least 4 members (excludes halogenated alkanes) is 1. The highest BCUT2D eigenvalue weighted by atomic mass is 32.2. The molecule has 1 aliphatic rings. The number of hydrogen-bond acceptors (Lipinski definition) is 4. The van der Waals surface area contributed by atoms with Crippen LogP contribution < -0.4 is 0 Å². The average Bonchev–Trinajstić information content (AvgIpc) is 2.30. The van der Waals surface area contributed by atoms with E-state index >= 15 is 0 Å². The van der Waals surface area contributed by atoms with Crippen molar-refractivity contribution in [2.24, 2.45) is 0 Å². The van der Waals surface area contributed by atoms with Crippen LogP contribution in [-0.4, -0.2) is 43.8 Å². The first-order chi connectivity index (χ1) is 8.05. The lowest BCUT2D eigenvalue weighted by Gasteiger charge is -2.26. The molecular weight excluding hydrogens is 240 g/mol. The largest absolute Gasteiger partial charge is 0.342 e. The third-order valence-corrected chi connectivity index (χ3v) is 4.39. The zero-order chi connectivity index (χ0) is 12.7. The van der Waals surface area contributed by atoms with E-state index in [1.807, 2.05) is 6.07 Å². The first kappa shape index (κ1) is 14.0. The lowest BCUT2D eigenvalue weighted by atomic mass is 10.1. The van der Waals surface area contributed by atoms with Gasteiger partial charge in [-0.2, -0.15) is 5.26 Å². The monoisotopic (exact) mass is 258 g/mol. The highest BCUT2D eigenvalue weighted by Gasteiger charge is 2.22. The molecule has 0 bridgehead atoms. The standard InChI is InChI=1S/C11H18N2O3S/c12-6-2-5-9-17(15,16)10-11(14)13-7-3-1-4-8-13/h1-5,7-10H2. The molecule has 0 spiro atoms. The molecule has 1 fully saturated rings. The number of likely N-dealkylation sites (tertiary alicyclic amines) is 1. The van der Waals surface area contributed by atoms with Gasteiger partial charge in [-0.3, -0.25) is 4.79 Å². The van der Waals surface area contributed by atoms with Crippen LogP contribution in [0.4, 0.5) is 0 Å². The summed E-state index contributed by atoms with van der Waals surface area (Å²) in [6.07, 6.45) is 3.56. The van der Waals surface area contributed by atoms with Gasteiger partial charge in [0.2, 0.25) is 5.91 Å². The normalized spacial score (nSPS) is 16.5. The predicted octanol–water partition coefficient (Wildman–Crippen LogP) is 0.717. The molecule has 0 atom stereocenters. The van der Waals surface area contributed by atoms with Gasteiger partial charge in [-0.1, -0.05) is 0 Å². The highest BCUT2D eigenvalue weighted by molar-refractivity contribution is 7.92. The van der Waals surface area contributed by atoms with E-state index in [0.29, 0.717) is 19.5 Å². The van der Waals surface area contributed by atoms with Crippen LogP contribution in [0.25, 0.3) is 0 Å². The van der Waals surface area contributed by atoms with Gasteiger partial charge >= 0.3 is 0 Å². The molecule has 1 rings (SSSR count). The second-order valence-corrected chi connectivity index (χ2v) is 6.48. The quantitative estimate of drug-likeness (QED) is 0.681. The summed E-state index contributed by atoms with van der Waals surface area (Å²) >= 11 is 0. The number of hydrogen-bond donors (Lipinski definition) is 0. The van der Waals surface area contributed by atoms with E-state index in [9.17, 15) is 13.2 Å². The van der Waals surface area contributed by atoms with Gasteiger partial charge in [-0.15, -0.1) is 0 Å². The van der Waals surface area contributed by atoms with Gasteiger partial charge < -0.3 is 4.90 Å². The molecule has 0 unspecified atom stereocenters. The van der Waals surface area contributed by atoms with Crippen LogP contribution in [0.1, 0.15) is 32.1 Å². The molecule has 0 aromatic rings. The topological polar surface area (TPSA) is 78.2 Å². The van der Waals surface area contributed by atoms with Crippen molar-refractivity contribution in [1.29, 1.82) is 5.26 Å². The molecule has 1 amide bonds. The van der Waals surface area contributed by atoms with E-state index in [2.05, 4.69) is 0 Å². The summed E-state index contributed by atoms with van der Waals surface area (Å²) in [7, 11) is -3.34. The minimum Gasteiger partial charge on any atom is -0.342 e. The molecule has 96 valence electrons. The van der Waals surface area contributed by atoms with Gasteiger partial charge in [0.1, 0.15) is 5.75 Å². The fourth-order valence-electron chi connectivity index (χ4n) is 1.87. The van der Waals surface area contributed by atoms with Crippen molar-refractivity contribution >= 4 is 15.7 Å². The lowest BCUT2D eigenvalue weighted by Crippen LogP contribution is -2.39. The number of carbonyl (C=O) groups is 1. The Hall–Kier alpha value is -1.09. The van der Waals surface area contributed by atoms with E-state index in [0.717, 1.165) is 19.3 Å². The number of piperidine rings is 1. The van der Waals surface area contributed by atoms with Crippen LogP contribution in [0.3, 0.4) is 0 Å². The third-order valence-electron chi connectivity index (χ3n) is 2.80. The van der Waals surface area contributed by atoms with Crippen molar-refractivity contribution in [2.45, 2.75) is 32.1 Å². The van der Waals surface area contributed by atoms with Crippen LogP contribution >= 0.6 is 0 Å². The van der Waals surface area contributed by atoms with Crippen molar-refractivity contribution in [3.05, 3.63) is 0 Å². The van der Waals surface area contributed by atoms with Crippen LogP contribution in [0.2, 0.25) is 0 Å². The van der Waals surface area contributed by atoms with Crippen molar-refractivity contribution in [3.8, 4) is 6.07 Å². The molecule has 17 heavy (non-hydrogen) atoms. The smallest absolute Gasteiger partial charge is 0.237 e. The number of rotatable bonds is 5. The second kappa shape index (κ2) is 6.60. The van der Waals surface area contributed by atoms with Gasteiger partial charge in [-0.25, -0.2) is 8.42 Å². The fraction of sp³-hybridized carbons (Fsp3) is 0.818. The van der Waals surface area contributed by atoms with Gasteiger partial charge in [0, 0.05) is 19.5 Å². The minimum absolute atomic E-state index is 0.0693. The Morgan fingerprint density at radius 1 is 1.24 bits per heavy atom. The zero-order valence-electron chi connectivity index (χ0n) is 9.89. The van der Waals surface area contributed by atoms with Crippen LogP contribution in [0, 0.1) is 11.3 Å². The Morgan fingerprint density at radius 3 is 2.47 bits per heavy atom.